The molecule has 1 heterocycles. The van der Waals surface area contributed by atoms with Gasteiger partial charge in [0.25, 0.3) is 0 Å². The van der Waals surface area contributed by atoms with Crippen molar-refractivity contribution < 1.29 is 9.90 Å². The van der Waals surface area contributed by atoms with Crippen LogP contribution in [-0.4, -0.2) is 48.2 Å². The Morgan fingerprint density at radius 3 is 2.67 bits per heavy atom. The van der Waals surface area contributed by atoms with Crippen molar-refractivity contribution in [3.63, 3.8) is 0 Å². The first-order valence-corrected chi connectivity index (χ1v) is 7.27. The van der Waals surface area contributed by atoms with E-state index in [4.69, 9.17) is 0 Å². The van der Waals surface area contributed by atoms with E-state index in [-0.39, 0.29) is 0 Å². The maximum absolute atomic E-state index is 11.6. The fraction of sp³-hybridized carbons (Fsp3) is 0.929. The van der Waals surface area contributed by atoms with Gasteiger partial charge in [0.05, 0.1) is 0 Å². The Hall–Kier alpha value is -0.610. The van der Waals surface area contributed by atoms with Gasteiger partial charge in [-0.2, -0.15) is 0 Å². The van der Waals surface area contributed by atoms with Crippen LogP contribution < -0.4 is 5.32 Å². The van der Waals surface area contributed by atoms with Gasteiger partial charge in [0.15, 0.2) is 0 Å². The molecule has 1 aliphatic carbocycles. The fourth-order valence-corrected chi connectivity index (χ4v) is 3.39. The van der Waals surface area contributed by atoms with Crippen LogP contribution in [0.2, 0.25) is 0 Å². The molecule has 0 aromatic carbocycles. The highest BCUT2D eigenvalue weighted by molar-refractivity contribution is 5.80. The summed E-state index contributed by atoms with van der Waals surface area (Å²) < 4.78 is 0. The third-order valence-electron chi connectivity index (χ3n) is 4.64. The smallest absolute Gasteiger partial charge is 0.325 e. The first-order chi connectivity index (χ1) is 8.62. The molecule has 2 N–H and O–H groups in total. The van der Waals surface area contributed by atoms with Gasteiger partial charge >= 0.3 is 5.97 Å². The number of carboxylic acid groups (broad SMARTS) is 1. The van der Waals surface area contributed by atoms with Gasteiger partial charge in [0, 0.05) is 13.1 Å². The van der Waals surface area contributed by atoms with Crippen LogP contribution in [0.25, 0.3) is 0 Å². The topological polar surface area (TPSA) is 52.6 Å². The van der Waals surface area contributed by atoms with E-state index in [0.29, 0.717) is 12.5 Å². The van der Waals surface area contributed by atoms with Gasteiger partial charge in [-0.05, 0) is 51.1 Å². The summed E-state index contributed by atoms with van der Waals surface area (Å²) >= 11 is 0. The summed E-state index contributed by atoms with van der Waals surface area (Å²) in [4.78, 5) is 14.0. The lowest BCUT2D eigenvalue weighted by Crippen LogP contribution is -2.59. The second-order valence-corrected chi connectivity index (χ2v) is 5.98. The first-order valence-electron chi connectivity index (χ1n) is 7.27. The Morgan fingerprint density at radius 2 is 2.17 bits per heavy atom. The minimum Gasteiger partial charge on any atom is -0.480 e. The average Bonchev–Trinajstić information content (AvgIpc) is 3.10. The van der Waals surface area contributed by atoms with E-state index in [9.17, 15) is 9.90 Å². The predicted octanol–water partition coefficient (Wildman–Crippen LogP) is 1.56. The number of likely N-dealkylation sites (N-methyl/N-ethyl adjacent to an activating group) is 1. The van der Waals surface area contributed by atoms with Gasteiger partial charge in [-0.15, -0.1) is 0 Å². The standard InChI is InChI=1S/C14H26N2O2/c1-3-4-11-7-8-16(9-11)10-14(15-2,13(17)18)12-5-6-12/h11-12,15H,3-10H2,1-2H3,(H,17,18). The lowest BCUT2D eigenvalue weighted by Gasteiger charge is -2.33. The monoisotopic (exact) mass is 254 g/mol. The first kappa shape index (κ1) is 13.8. The third-order valence-corrected chi connectivity index (χ3v) is 4.64. The van der Waals surface area contributed by atoms with Crippen LogP contribution in [0.1, 0.15) is 39.0 Å². The van der Waals surface area contributed by atoms with E-state index >= 15 is 0 Å². The molecular weight excluding hydrogens is 228 g/mol. The molecule has 0 aromatic rings. The molecule has 104 valence electrons. The normalized spacial score (nSPS) is 28.2. The van der Waals surface area contributed by atoms with Gasteiger partial charge in [0.2, 0.25) is 0 Å². The summed E-state index contributed by atoms with van der Waals surface area (Å²) in [6.45, 7) is 5.04. The molecule has 1 aliphatic heterocycles. The molecule has 0 radical (unpaired) electrons. The van der Waals surface area contributed by atoms with Crippen LogP contribution >= 0.6 is 0 Å². The largest absolute Gasteiger partial charge is 0.480 e. The highest BCUT2D eigenvalue weighted by Crippen LogP contribution is 2.41. The molecule has 4 heteroatoms. The number of rotatable bonds is 7. The van der Waals surface area contributed by atoms with Crippen molar-refractivity contribution in [1.82, 2.24) is 10.2 Å². The second-order valence-electron chi connectivity index (χ2n) is 5.98. The molecule has 18 heavy (non-hydrogen) atoms. The number of likely N-dealkylation sites (tertiary alicyclic amines) is 1. The molecule has 0 amide bonds. The van der Waals surface area contributed by atoms with E-state index in [2.05, 4.69) is 17.1 Å². The predicted molar refractivity (Wildman–Crippen MR) is 71.6 cm³/mol. The van der Waals surface area contributed by atoms with Crippen LogP contribution in [0.4, 0.5) is 0 Å². The molecule has 0 bridgehead atoms. The molecular formula is C14H26N2O2. The number of carbonyl (C=O) groups is 1. The van der Waals surface area contributed by atoms with Gasteiger partial charge in [-0.3, -0.25) is 4.79 Å². The summed E-state index contributed by atoms with van der Waals surface area (Å²) in [6.07, 6.45) is 5.85. The molecule has 2 unspecified atom stereocenters. The van der Waals surface area contributed by atoms with Gasteiger partial charge in [-0.1, -0.05) is 13.3 Å². The van der Waals surface area contributed by atoms with E-state index in [1.165, 1.54) is 19.3 Å². The van der Waals surface area contributed by atoms with Crippen LogP contribution in [0.15, 0.2) is 0 Å². The Labute approximate surface area is 110 Å². The zero-order chi connectivity index (χ0) is 13.2. The molecule has 0 aromatic heterocycles. The number of hydrogen-bond donors (Lipinski definition) is 2. The fourth-order valence-electron chi connectivity index (χ4n) is 3.39. The van der Waals surface area contributed by atoms with E-state index in [1.807, 2.05) is 0 Å². The molecule has 1 saturated heterocycles. The maximum atomic E-state index is 11.6. The molecule has 2 atom stereocenters. The Kier molecular flexibility index (Phi) is 4.28. The maximum Gasteiger partial charge on any atom is 0.325 e. The van der Waals surface area contributed by atoms with Crippen LogP contribution in [0.3, 0.4) is 0 Å². The molecule has 2 aliphatic rings. The number of hydrogen-bond acceptors (Lipinski definition) is 3. The molecule has 2 rings (SSSR count). The highest BCUT2D eigenvalue weighted by atomic mass is 16.4. The molecule has 0 spiro atoms. The quantitative estimate of drug-likeness (QED) is 0.724. The highest BCUT2D eigenvalue weighted by Gasteiger charge is 2.51. The van der Waals surface area contributed by atoms with Crippen molar-refractivity contribution in [2.45, 2.75) is 44.6 Å². The summed E-state index contributed by atoms with van der Waals surface area (Å²) in [6, 6.07) is 0. The van der Waals surface area contributed by atoms with Crippen molar-refractivity contribution in [2.24, 2.45) is 11.8 Å². The lowest BCUT2D eigenvalue weighted by atomic mass is 9.92. The van der Waals surface area contributed by atoms with Crippen LogP contribution in [0.5, 0.6) is 0 Å². The van der Waals surface area contributed by atoms with Gasteiger partial charge in [0.1, 0.15) is 5.54 Å². The van der Waals surface area contributed by atoms with Crippen molar-refractivity contribution >= 4 is 5.97 Å². The third kappa shape index (κ3) is 2.69. The van der Waals surface area contributed by atoms with E-state index in [1.54, 1.807) is 7.05 Å². The summed E-state index contributed by atoms with van der Waals surface area (Å²) in [5.41, 5.74) is -0.707. The summed E-state index contributed by atoms with van der Waals surface area (Å²) in [5, 5.41) is 12.7. The van der Waals surface area contributed by atoms with Gasteiger partial charge < -0.3 is 15.3 Å². The Balaban J connectivity index is 1.95. The second kappa shape index (κ2) is 5.57. The minimum atomic E-state index is -0.707. The zero-order valence-electron chi connectivity index (χ0n) is 11.6. The number of nitrogens with one attached hydrogen (secondary N) is 1. The Bertz CT molecular complexity index is 304. The van der Waals surface area contributed by atoms with Crippen molar-refractivity contribution in [2.75, 3.05) is 26.7 Å². The SMILES string of the molecule is CCCC1CCN(CC(NC)(C(=O)O)C2CC2)C1. The molecule has 2 fully saturated rings. The van der Waals surface area contributed by atoms with Crippen LogP contribution in [0, 0.1) is 11.8 Å². The minimum absolute atomic E-state index is 0.324. The van der Waals surface area contributed by atoms with Gasteiger partial charge in [-0.25, -0.2) is 0 Å². The molecule has 4 nitrogen and oxygen atoms in total. The van der Waals surface area contributed by atoms with Crippen molar-refractivity contribution in [1.29, 1.82) is 0 Å². The lowest BCUT2D eigenvalue weighted by molar-refractivity contribution is -0.146. The number of nitrogens with zero attached hydrogens (tertiary/aromatic N) is 1. The van der Waals surface area contributed by atoms with E-state index < -0.39 is 11.5 Å². The number of aliphatic carboxylic acids is 1. The zero-order valence-corrected chi connectivity index (χ0v) is 11.6. The Morgan fingerprint density at radius 1 is 1.44 bits per heavy atom. The number of carboxylic acids is 1. The van der Waals surface area contributed by atoms with Crippen molar-refractivity contribution in [3.05, 3.63) is 0 Å². The molecule has 1 saturated carbocycles. The average molecular weight is 254 g/mol. The van der Waals surface area contributed by atoms with Crippen LogP contribution in [-0.2, 0) is 4.79 Å². The summed E-state index contributed by atoms with van der Waals surface area (Å²) in [7, 11) is 1.80. The van der Waals surface area contributed by atoms with Crippen molar-refractivity contribution in [3.8, 4) is 0 Å². The summed E-state index contributed by atoms with van der Waals surface area (Å²) in [5.74, 6) is 0.425. The van der Waals surface area contributed by atoms with E-state index in [0.717, 1.165) is 31.8 Å².